The van der Waals surface area contributed by atoms with Gasteiger partial charge >= 0.3 is 11.9 Å². The average molecular weight is 498 g/mol. The molecule has 0 bridgehead atoms. The number of nitrogens with zero attached hydrogens (tertiary/aromatic N) is 2. The predicted octanol–water partition coefficient (Wildman–Crippen LogP) is 3.48. The molecule has 0 unspecified atom stereocenters. The third-order valence-corrected chi connectivity index (χ3v) is 7.20. The van der Waals surface area contributed by atoms with Gasteiger partial charge in [-0.3, -0.25) is 9.59 Å². The van der Waals surface area contributed by atoms with Gasteiger partial charge in [-0.2, -0.15) is 5.10 Å². The normalized spacial score (nSPS) is 15.8. The van der Waals surface area contributed by atoms with Crippen molar-refractivity contribution in [2.45, 2.75) is 46.1 Å². The first kappa shape index (κ1) is 24.6. The monoisotopic (exact) mass is 497 g/mol. The average Bonchev–Trinajstić information content (AvgIpc) is 3.18. The molecule has 184 valence electrons. The molecule has 0 saturated carbocycles. The van der Waals surface area contributed by atoms with E-state index in [2.05, 4.69) is 17.3 Å². The number of amides is 1. The number of ether oxygens (including phenoxy) is 2. The highest BCUT2D eigenvalue weighted by Gasteiger charge is 2.31. The van der Waals surface area contributed by atoms with Crippen LogP contribution in [-0.4, -0.2) is 40.3 Å². The summed E-state index contributed by atoms with van der Waals surface area (Å²) in [4.78, 5) is 51.9. The molecule has 1 N–H and O–H groups in total. The number of hydrogen-bond acceptors (Lipinski definition) is 8. The first-order chi connectivity index (χ1) is 16.7. The highest BCUT2D eigenvalue weighted by Crippen LogP contribution is 2.40. The lowest BCUT2D eigenvalue weighted by Gasteiger charge is -2.18. The van der Waals surface area contributed by atoms with Crippen LogP contribution in [0.1, 0.15) is 58.5 Å². The Hall–Kier alpha value is -3.53. The summed E-state index contributed by atoms with van der Waals surface area (Å²) in [6.45, 7) is 5.55. The minimum Gasteiger partial charge on any atom is -0.462 e. The minimum atomic E-state index is -1.17. The van der Waals surface area contributed by atoms with Crippen molar-refractivity contribution in [2.75, 3.05) is 11.9 Å². The van der Waals surface area contributed by atoms with E-state index in [1.807, 2.05) is 0 Å². The molecule has 35 heavy (non-hydrogen) atoms. The molecule has 10 heteroatoms. The van der Waals surface area contributed by atoms with E-state index in [0.29, 0.717) is 27.3 Å². The van der Waals surface area contributed by atoms with Gasteiger partial charge in [0.1, 0.15) is 5.00 Å². The number of carbonyl (C=O) groups excluding carboxylic acids is 3. The topological polar surface area (TPSA) is 117 Å². The molecular weight excluding hydrogens is 470 g/mol. The Balaban J connectivity index is 1.56. The fourth-order valence-electron chi connectivity index (χ4n) is 4.19. The van der Waals surface area contributed by atoms with E-state index in [1.54, 1.807) is 31.2 Å². The zero-order valence-corrected chi connectivity index (χ0v) is 20.9. The molecule has 0 aliphatic heterocycles. The molecule has 2 aromatic heterocycles. The number of esters is 2. The summed E-state index contributed by atoms with van der Waals surface area (Å²) in [6.07, 6.45) is 1.36. The van der Waals surface area contributed by atoms with Crippen LogP contribution in [-0.2, 0) is 34.2 Å². The van der Waals surface area contributed by atoms with Gasteiger partial charge in [-0.1, -0.05) is 25.1 Å². The maximum atomic E-state index is 13.0. The largest absolute Gasteiger partial charge is 0.462 e. The van der Waals surface area contributed by atoms with Gasteiger partial charge in [-0.25, -0.2) is 14.3 Å². The van der Waals surface area contributed by atoms with Gasteiger partial charge in [-0.15, -0.1) is 11.3 Å². The summed E-state index contributed by atoms with van der Waals surface area (Å²) in [7, 11) is 1.44. The van der Waals surface area contributed by atoms with Gasteiger partial charge in [0, 0.05) is 17.3 Å². The number of nitrogens with one attached hydrogen (secondary N) is 1. The van der Waals surface area contributed by atoms with E-state index in [9.17, 15) is 19.2 Å². The van der Waals surface area contributed by atoms with E-state index in [4.69, 9.17) is 9.47 Å². The molecule has 2 atom stereocenters. The van der Waals surface area contributed by atoms with E-state index in [-0.39, 0.29) is 17.9 Å². The number of benzene rings is 1. The van der Waals surface area contributed by atoms with E-state index >= 15 is 0 Å². The molecular formula is C25H27N3O6S. The first-order valence-electron chi connectivity index (χ1n) is 11.5. The van der Waals surface area contributed by atoms with Crippen LogP contribution in [0.25, 0.3) is 10.8 Å². The van der Waals surface area contributed by atoms with Crippen molar-refractivity contribution in [3.63, 3.8) is 0 Å². The lowest BCUT2D eigenvalue weighted by Crippen LogP contribution is -2.31. The van der Waals surface area contributed by atoms with Gasteiger partial charge in [0.2, 0.25) is 0 Å². The summed E-state index contributed by atoms with van der Waals surface area (Å²) in [6, 6.07) is 6.58. The Morgan fingerprint density at radius 2 is 1.94 bits per heavy atom. The molecule has 0 radical (unpaired) electrons. The molecule has 0 saturated heterocycles. The van der Waals surface area contributed by atoms with Gasteiger partial charge in [-0.05, 0) is 50.7 Å². The van der Waals surface area contributed by atoms with Crippen molar-refractivity contribution in [3.05, 3.63) is 56.3 Å². The smallest absolute Gasteiger partial charge is 0.360 e. The van der Waals surface area contributed by atoms with Crippen LogP contribution in [0.4, 0.5) is 5.00 Å². The molecule has 2 heterocycles. The van der Waals surface area contributed by atoms with Crippen LogP contribution in [0.2, 0.25) is 0 Å². The van der Waals surface area contributed by atoms with Crippen LogP contribution in [0.3, 0.4) is 0 Å². The summed E-state index contributed by atoms with van der Waals surface area (Å²) in [5, 5.41) is 7.88. The van der Waals surface area contributed by atoms with Gasteiger partial charge in [0.15, 0.2) is 11.8 Å². The number of aryl methyl sites for hydroxylation is 1. The van der Waals surface area contributed by atoms with Crippen LogP contribution < -0.4 is 10.9 Å². The second-order valence-electron chi connectivity index (χ2n) is 8.64. The van der Waals surface area contributed by atoms with Crippen LogP contribution >= 0.6 is 11.3 Å². The fraction of sp³-hybridized carbons (Fsp3) is 0.400. The second kappa shape index (κ2) is 9.99. The highest BCUT2D eigenvalue weighted by molar-refractivity contribution is 7.17. The van der Waals surface area contributed by atoms with Crippen molar-refractivity contribution in [2.24, 2.45) is 13.0 Å². The number of fused-ring (bicyclic) bond motifs is 2. The molecule has 1 aliphatic carbocycles. The third kappa shape index (κ3) is 4.84. The molecule has 3 aromatic rings. The van der Waals surface area contributed by atoms with Crippen molar-refractivity contribution in [1.82, 2.24) is 9.78 Å². The zero-order valence-electron chi connectivity index (χ0n) is 20.0. The van der Waals surface area contributed by atoms with Crippen LogP contribution in [0, 0.1) is 5.92 Å². The second-order valence-corrected chi connectivity index (χ2v) is 9.74. The maximum absolute atomic E-state index is 13.0. The predicted molar refractivity (Wildman–Crippen MR) is 132 cm³/mol. The molecule has 9 nitrogen and oxygen atoms in total. The molecule has 0 fully saturated rings. The number of hydrogen-bond donors (Lipinski definition) is 1. The standard InChI is InChI=1S/C25H27N3O6S/c1-5-33-24(31)19-17-11-10-13(2)12-18(17)35-22(19)26-21(29)14(3)34-25(32)20-15-8-6-7-9-16(15)23(30)28(4)27-20/h6-9,13-14H,5,10-12H2,1-4H3,(H,26,29)/t13-,14+/m1/s1. The lowest BCUT2D eigenvalue weighted by molar-refractivity contribution is -0.123. The van der Waals surface area contributed by atoms with Crippen molar-refractivity contribution >= 4 is 45.0 Å². The number of aromatic nitrogens is 2. The summed E-state index contributed by atoms with van der Waals surface area (Å²) in [5.74, 6) is -1.39. The Morgan fingerprint density at radius 1 is 1.23 bits per heavy atom. The molecule has 0 spiro atoms. The van der Waals surface area contributed by atoms with Gasteiger partial charge in [0.05, 0.1) is 17.6 Å². The van der Waals surface area contributed by atoms with E-state index < -0.39 is 23.9 Å². The van der Waals surface area contributed by atoms with Crippen LogP contribution in [0.15, 0.2) is 29.1 Å². The SMILES string of the molecule is CCOC(=O)c1c(NC(=O)[C@H](C)OC(=O)c2nn(C)c(=O)c3ccccc23)sc2c1CC[C@@H](C)C2. The Kier molecular flexibility index (Phi) is 7.02. The lowest BCUT2D eigenvalue weighted by atomic mass is 9.88. The first-order valence-corrected chi connectivity index (χ1v) is 12.3. The molecule has 1 aromatic carbocycles. The van der Waals surface area contributed by atoms with Crippen molar-refractivity contribution in [1.29, 1.82) is 0 Å². The van der Waals surface area contributed by atoms with Gasteiger partial charge < -0.3 is 14.8 Å². The van der Waals surface area contributed by atoms with E-state index in [0.717, 1.165) is 34.4 Å². The van der Waals surface area contributed by atoms with Crippen molar-refractivity contribution < 1.29 is 23.9 Å². The number of rotatable bonds is 6. The number of thiophene rings is 1. The van der Waals surface area contributed by atoms with Crippen LogP contribution in [0.5, 0.6) is 0 Å². The number of anilines is 1. The molecule has 1 aliphatic rings. The fourth-order valence-corrected chi connectivity index (χ4v) is 5.59. The Labute approximate surface area is 206 Å². The molecule has 1 amide bonds. The zero-order chi connectivity index (χ0) is 25.3. The van der Waals surface area contributed by atoms with Gasteiger partial charge in [0.25, 0.3) is 11.5 Å². The number of carbonyl (C=O) groups is 3. The van der Waals surface area contributed by atoms with Crippen molar-refractivity contribution in [3.8, 4) is 0 Å². The summed E-state index contributed by atoms with van der Waals surface area (Å²) < 4.78 is 11.7. The highest BCUT2D eigenvalue weighted by atomic mass is 32.1. The Bertz CT molecular complexity index is 1380. The maximum Gasteiger partial charge on any atom is 0.360 e. The summed E-state index contributed by atoms with van der Waals surface area (Å²) >= 11 is 1.36. The summed E-state index contributed by atoms with van der Waals surface area (Å²) in [5.41, 5.74) is 0.907. The third-order valence-electron chi connectivity index (χ3n) is 6.03. The molecule has 4 rings (SSSR count). The Morgan fingerprint density at radius 3 is 2.66 bits per heavy atom. The quantitative estimate of drug-likeness (QED) is 0.518. The minimum absolute atomic E-state index is 0.0601. The van der Waals surface area contributed by atoms with E-state index in [1.165, 1.54) is 25.3 Å².